The summed E-state index contributed by atoms with van der Waals surface area (Å²) in [4.78, 5) is 20.2. The standard InChI is InChI=1S/C2H8N4O2Si/c3-1(7)4-2(8)5-6-9/h6H,9H3,(H4,3,4,5,7,8). The van der Waals surface area contributed by atoms with Crippen LogP contribution >= 0.6 is 0 Å². The van der Waals surface area contributed by atoms with Gasteiger partial charge in [-0.25, -0.2) is 9.59 Å². The fourth-order valence-corrected chi connectivity index (χ4v) is 0.484. The van der Waals surface area contributed by atoms with E-state index in [1.165, 1.54) is 0 Å². The third-order valence-corrected chi connectivity index (χ3v) is 0.725. The zero-order chi connectivity index (χ0) is 7.28. The Morgan fingerprint density at radius 1 is 1.44 bits per heavy atom. The molecule has 0 aliphatic heterocycles. The van der Waals surface area contributed by atoms with Crippen molar-refractivity contribution in [3.05, 3.63) is 0 Å². The number of amides is 4. The predicted octanol–water partition coefficient (Wildman–Crippen LogP) is -2.85. The number of nitrogens with one attached hydrogen (secondary N) is 3. The molecule has 4 amide bonds. The molecular formula is C2H8N4O2Si. The van der Waals surface area contributed by atoms with Crippen LogP contribution < -0.4 is 21.6 Å². The summed E-state index contributed by atoms with van der Waals surface area (Å²) in [5, 5.41) is 4.23. The van der Waals surface area contributed by atoms with E-state index in [-0.39, 0.29) is 0 Å². The number of hydrogen-bond donors (Lipinski definition) is 4. The summed E-state index contributed by atoms with van der Waals surface area (Å²) >= 11 is 0. The van der Waals surface area contributed by atoms with Crippen molar-refractivity contribution in [2.24, 2.45) is 5.73 Å². The van der Waals surface area contributed by atoms with E-state index in [4.69, 9.17) is 0 Å². The smallest absolute Gasteiger partial charge is 0.336 e. The highest BCUT2D eigenvalue weighted by Gasteiger charge is 1.98. The molecule has 0 unspecified atom stereocenters. The van der Waals surface area contributed by atoms with Crippen LogP contribution in [0.15, 0.2) is 0 Å². The maximum atomic E-state index is 10.3. The Morgan fingerprint density at radius 3 is 2.33 bits per heavy atom. The van der Waals surface area contributed by atoms with E-state index < -0.39 is 12.1 Å². The lowest BCUT2D eigenvalue weighted by atomic mass is 10.9. The summed E-state index contributed by atoms with van der Waals surface area (Å²) in [6.45, 7) is 0. The molecule has 0 aromatic carbocycles. The molecule has 7 heteroatoms. The van der Waals surface area contributed by atoms with Crippen molar-refractivity contribution in [2.75, 3.05) is 0 Å². The molecule has 0 bridgehead atoms. The third kappa shape index (κ3) is 4.78. The molecule has 0 atom stereocenters. The highest BCUT2D eigenvalue weighted by Crippen LogP contribution is 1.57. The maximum absolute atomic E-state index is 10.3. The summed E-state index contributed by atoms with van der Waals surface area (Å²) in [5.74, 6) is 0. The SMILES string of the molecule is NC(=O)NC(=O)NN[SiH3]. The normalized spacial score (nSPS) is 8.44. The van der Waals surface area contributed by atoms with Crippen molar-refractivity contribution in [3.63, 3.8) is 0 Å². The van der Waals surface area contributed by atoms with Gasteiger partial charge in [0.2, 0.25) is 0 Å². The molecule has 0 spiro atoms. The predicted molar refractivity (Wildman–Crippen MR) is 34.3 cm³/mol. The molecule has 0 radical (unpaired) electrons. The summed E-state index contributed by atoms with van der Waals surface area (Å²) in [7, 11) is 0.613. The highest BCUT2D eigenvalue weighted by molar-refractivity contribution is 6.05. The summed E-state index contributed by atoms with van der Waals surface area (Å²) in [5.41, 5.74) is 6.73. The molecule has 0 aromatic heterocycles. The molecule has 0 aromatic rings. The minimum absolute atomic E-state index is 0.613. The van der Waals surface area contributed by atoms with Gasteiger partial charge in [-0.05, 0) is 0 Å². The van der Waals surface area contributed by atoms with Crippen molar-refractivity contribution < 1.29 is 9.59 Å². The number of rotatable bonds is 1. The van der Waals surface area contributed by atoms with Crippen LogP contribution in [0.25, 0.3) is 0 Å². The topological polar surface area (TPSA) is 96.2 Å². The molecule has 5 N–H and O–H groups in total. The Kier molecular flexibility index (Phi) is 3.40. The minimum Gasteiger partial charge on any atom is -0.351 e. The van der Waals surface area contributed by atoms with Crippen molar-refractivity contribution in [3.8, 4) is 0 Å². The van der Waals surface area contributed by atoms with Gasteiger partial charge in [0.1, 0.15) is 10.4 Å². The quantitative estimate of drug-likeness (QED) is 0.238. The molecule has 0 heterocycles. The van der Waals surface area contributed by atoms with Gasteiger partial charge in [0.25, 0.3) is 0 Å². The molecular weight excluding hydrogens is 140 g/mol. The van der Waals surface area contributed by atoms with Crippen LogP contribution in [0.5, 0.6) is 0 Å². The van der Waals surface area contributed by atoms with Gasteiger partial charge < -0.3 is 5.73 Å². The first-order valence-electron chi connectivity index (χ1n) is 2.20. The van der Waals surface area contributed by atoms with Crippen LogP contribution in [0, 0.1) is 0 Å². The molecule has 52 valence electrons. The minimum atomic E-state index is -0.871. The average Bonchev–Trinajstić information content (AvgIpc) is 1.63. The fourth-order valence-electron chi connectivity index (χ4n) is 0.257. The van der Waals surface area contributed by atoms with E-state index in [1.807, 2.05) is 0 Å². The molecule has 0 aliphatic carbocycles. The van der Waals surface area contributed by atoms with Gasteiger partial charge >= 0.3 is 12.1 Å². The Bertz CT molecular complexity index is 126. The molecule has 0 saturated heterocycles. The summed E-state index contributed by atoms with van der Waals surface area (Å²) < 4.78 is 0. The lowest BCUT2D eigenvalue weighted by Crippen LogP contribution is -2.47. The van der Waals surface area contributed by atoms with E-state index in [9.17, 15) is 9.59 Å². The third-order valence-electron chi connectivity index (χ3n) is 0.475. The van der Waals surface area contributed by atoms with Gasteiger partial charge in [-0.15, -0.1) is 0 Å². The van der Waals surface area contributed by atoms with Crippen LogP contribution in [0.4, 0.5) is 9.59 Å². The monoisotopic (exact) mass is 148 g/mol. The molecule has 6 nitrogen and oxygen atoms in total. The number of primary amides is 1. The first-order valence-corrected chi connectivity index (χ1v) is 3.20. The second-order valence-corrected chi connectivity index (χ2v) is 1.69. The van der Waals surface area contributed by atoms with Gasteiger partial charge in [0.05, 0.1) is 0 Å². The largest absolute Gasteiger partial charge is 0.351 e. The van der Waals surface area contributed by atoms with E-state index in [1.54, 1.807) is 5.32 Å². The Balaban J connectivity index is 3.39. The Labute approximate surface area is 54.6 Å². The lowest BCUT2D eigenvalue weighted by Gasteiger charge is -2.00. The Hall–Kier alpha value is -1.08. The van der Waals surface area contributed by atoms with Crippen LogP contribution in [0.1, 0.15) is 0 Å². The number of imide groups is 1. The zero-order valence-corrected chi connectivity index (χ0v) is 6.89. The molecule has 0 saturated carbocycles. The average molecular weight is 148 g/mol. The van der Waals surface area contributed by atoms with Gasteiger partial charge in [-0.1, -0.05) is 0 Å². The second-order valence-electron chi connectivity index (χ2n) is 1.19. The van der Waals surface area contributed by atoms with Gasteiger partial charge in [-0.2, -0.15) is 0 Å². The molecule has 9 heavy (non-hydrogen) atoms. The first kappa shape index (κ1) is 7.92. The lowest BCUT2D eigenvalue weighted by molar-refractivity contribution is 0.230. The van der Waals surface area contributed by atoms with E-state index in [2.05, 4.69) is 16.3 Å². The van der Waals surface area contributed by atoms with E-state index in [0.717, 1.165) is 0 Å². The molecule has 0 fully saturated rings. The zero-order valence-electron chi connectivity index (χ0n) is 4.89. The van der Waals surface area contributed by atoms with Crippen LogP contribution in [0.3, 0.4) is 0 Å². The molecule has 0 rings (SSSR count). The van der Waals surface area contributed by atoms with Crippen LogP contribution in [-0.2, 0) is 0 Å². The first-order chi connectivity index (χ1) is 4.16. The van der Waals surface area contributed by atoms with Crippen LogP contribution in [0.2, 0.25) is 0 Å². The number of hydrazine groups is 1. The number of urea groups is 2. The number of hydrogen-bond acceptors (Lipinski definition) is 3. The van der Waals surface area contributed by atoms with Gasteiger partial charge in [-0.3, -0.25) is 15.8 Å². The summed E-state index contributed by atoms with van der Waals surface area (Å²) in [6.07, 6.45) is 0. The van der Waals surface area contributed by atoms with Gasteiger partial charge in [0.15, 0.2) is 0 Å². The van der Waals surface area contributed by atoms with Gasteiger partial charge in [0, 0.05) is 0 Å². The highest BCUT2D eigenvalue weighted by atomic mass is 28.2. The van der Waals surface area contributed by atoms with Crippen LogP contribution in [-0.4, -0.2) is 22.5 Å². The van der Waals surface area contributed by atoms with Crippen molar-refractivity contribution in [2.45, 2.75) is 0 Å². The van der Waals surface area contributed by atoms with Crippen molar-refractivity contribution >= 4 is 22.5 Å². The molecule has 0 aliphatic rings. The van der Waals surface area contributed by atoms with E-state index >= 15 is 0 Å². The maximum Gasteiger partial charge on any atom is 0.336 e. The van der Waals surface area contributed by atoms with Crippen molar-refractivity contribution in [1.29, 1.82) is 0 Å². The van der Waals surface area contributed by atoms with Crippen molar-refractivity contribution in [1.82, 2.24) is 15.8 Å². The Morgan fingerprint density at radius 2 is 2.00 bits per heavy atom. The summed E-state index contributed by atoms with van der Waals surface area (Å²) in [6, 6.07) is -1.51. The fraction of sp³-hybridized carbons (Fsp3) is 0. The second kappa shape index (κ2) is 3.86. The number of carbonyl (C=O) groups excluding carboxylic acids is 2. The number of carbonyl (C=O) groups is 2. The van der Waals surface area contributed by atoms with E-state index in [0.29, 0.717) is 10.4 Å². The number of nitrogens with two attached hydrogens (primary N) is 1.